The van der Waals surface area contributed by atoms with Crippen LogP contribution in [0.1, 0.15) is 56.6 Å². The van der Waals surface area contributed by atoms with Crippen LogP contribution in [0.5, 0.6) is 0 Å². The van der Waals surface area contributed by atoms with Crippen LogP contribution in [-0.2, 0) is 9.53 Å². The maximum absolute atomic E-state index is 12.8. The van der Waals surface area contributed by atoms with Crippen molar-refractivity contribution in [2.45, 2.75) is 58.6 Å². The van der Waals surface area contributed by atoms with Crippen molar-refractivity contribution in [2.75, 3.05) is 10.6 Å². The molecule has 0 aliphatic rings. The number of alkyl carbamates (subject to hydrolysis) is 1. The topological polar surface area (TPSA) is 96.5 Å². The van der Waals surface area contributed by atoms with E-state index in [9.17, 15) is 14.4 Å². The minimum absolute atomic E-state index is 0.208. The van der Waals surface area contributed by atoms with Gasteiger partial charge in [0, 0.05) is 11.4 Å². The molecule has 1 aromatic carbocycles. The van der Waals surface area contributed by atoms with Gasteiger partial charge in [-0.1, -0.05) is 31.9 Å². The number of ether oxygens (including phenoxy) is 1. The molecule has 30 heavy (non-hydrogen) atoms. The number of carbonyl (C=O) groups is 3. The molecule has 0 saturated heterocycles. The zero-order chi connectivity index (χ0) is 22.1. The Hall–Kier alpha value is -2.87. The summed E-state index contributed by atoms with van der Waals surface area (Å²) in [5.41, 5.74) is 0.443. The summed E-state index contributed by atoms with van der Waals surface area (Å²) in [4.78, 5) is 37.7. The number of rotatable bonds is 8. The molecular weight excluding hydrogens is 402 g/mol. The van der Waals surface area contributed by atoms with E-state index in [-0.39, 0.29) is 11.8 Å². The van der Waals surface area contributed by atoms with Crippen LogP contribution in [0.3, 0.4) is 0 Å². The highest BCUT2D eigenvalue weighted by molar-refractivity contribution is 7.12. The summed E-state index contributed by atoms with van der Waals surface area (Å²) in [5, 5.41) is 10.1. The first-order valence-corrected chi connectivity index (χ1v) is 10.8. The summed E-state index contributed by atoms with van der Waals surface area (Å²) in [6.45, 7) is 7.32. The average molecular weight is 432 g/mol. The minimum atomic E-state index is -0.718. The summed E-state index contributed by atoms with van der Waals surface area (Å²) in [6, 6.07) is 9.72. The molecule has 0 unspecified atom stereocenters. The number of nitrogens with one attached hydrogen (secondary N) is 3. The fraction of sp³-hybridized carbons (Fsp3) is 0.409. The lowest BCUT2D eigenvalue weighted by Crippen LogP contribution is -2.45. The molecule has 3 amide bonds. The van der Waals surface area contributed by atoms with Crippen LogP contribution in [0.15, 0.2) is 41.8 Å². The van der Waals surface area contributed by atoms with Crippen LogP contribution in [0, 0.1) is 0 Å². The van der Waals surface area contributed by atoms with Gasteiger partial charge in [0.25, 0.3) is 5.91 Å². The van der Waals surface area contributed by atoms with E-state index in [1.807, 2.05) is 18.4 Å². The molecule has 7 nitrogen and oxygen atoms in total. The Bertz CT molecular complexity index is 860. The van der Waals surface area contributed by atoms with Gasteiger partial charge in [-0.2, -0.15) is 0 Å². The molecule has 0 spiro atoms. The molecule has 1 heterocycles. The Kier molecular flexibility index (Phi) is 8.41. The van der Waals surface area contributed by atoms with E-state index in [1.165, 1.54) is 11.3 Å². The van der Waals surface area contributed by atoms with E-state index in [0.29, 0.717) is 22.7 Å². The quantitative estimate of drug-likeness (QED) is 0.547. The molecule has 8 heteroatoms. The van der Waals surface area contributed by atoms with E-state index >= 15 is 0 Å². The van der Waals surface area contributed by atoms with Gasteiger partial charge in [0.2, 0.25) is 5.91 Å². The second kappa shape index (κ2) is 10.8. The highest BCUT2D eigenvalue weighted by Crippen LogP contribution is 2.18. The van der Waals surface area contributed by atoms with Crippen molar-refractivity contribution in [2.24, 2.45) is 0 Å². The van der Waals surface area contributed by atoms with Gasteiger partial charge in [0.1, 0.15) is 11.6 Å². The number of amides is 3. The van der Waals surface area contributed by atoms with E-state index < -0.39 is 17.7 Å². The van der Waals surface area contributed by atoms with E-state index in [0.717, 1.165) is 12.8 Å². The summed E-state index contributed by atoms with van der Waals surface area (Å²) < 4.78 is 5.27. The molecule has 3 N–H and O–H groups in total. The van der Waals surface area contributed by atoms with Crippen molar-refractivity contribution in [3.05, 3.63) is 46.7 Å². The normalized spacial score (nSPS) is 12.0. The zero-order valence-electron chi connectivity index (χ0n) is 17.8. The Morgan fingerprint density at radius 3 is 2.37 bits per heavy atom. The standard InChI is InChI=1S/C22H29N3O4S/c1-5-6-11-17(25-21(28)29-22(2,3)4)19(26)23-15-9-7-10-16(14-15)24-20(27)18-12-8-13-30-18/h7-10,12-14,17H,5-6,11H2,1-4H3,(H,23,26)(H,24,27)(H,25,28)/t17-/m0/s1. The van der Waals surface area contributed by atoms with Crippen molar-refractivity contribution in [1.29, 1.82) is 0 Å². The summed E-state index contributed by atoms with van der Waals surface area (Å²) in [7, 11) is 0. The average Bonchev–Trinajstić information content (AvgIpc) is 3.18. The fourth-order valence-corrected chi connectivity index (χ4v) is 3.25. The van der Waals surface area contributed by atoms with Crippen LogP contribution in [0.2, 0.25) is 0 Å². The highest BCUT2D eigenvalue weighted by atomic mass is 32.1. The second-order valence-corrected chi connectivity index (χ2v) is 8.79. The number of thiophene rings is 1. The predicted octanol–water partition coefficient (Wildman–Crippen LogP) is 5.02. The Balaban J connectivity index is 2.03. The number of unbranched alkanes of at least 4 members (excludes halogenated alkanes) is 1. The van der Waals surface area contributed by atoms with Crippen molar-refractivity contribution in [1.82, 2.24) is 5.32 Å². The number of benzene rings is 1. The molecule has 2 rings (SSSR count). The Morgan fingerprint density at radius 1 is 1.07 bits per heavy atom. The van der Waals surface area contributed by atoms with Crippen LogP contribution in [-0.4, -0.2) is 29.6 Å². The molecule has 0 bridgehead atoms. The molecule has 0 saturated carbocycles. The van der Waals surface area contributed by atoms with Gasteiger partial charge >= 0.3 is 6.09 Å². The lowest BCUT2D eigenvalue weighted by molar-refractivity contribution is -0.118. The number of carbonyl (C=O) groups excluding carboxylic acids is 3. The first-order chi connectivity index (χ1) is 14.2. The molecule has 2 aromatic rings. The first kappa shape index (κ1) is 23.4. The van der Waals surface area contributed by atoms with Crippen LogP contribution >= 0.6 is 11.3 Å². The van der Waals surface area contributed by atoms with Gasteiger partial charge in [-0.25, -0.2) is 4.79 Å². The van der Waals surface area contributed by atoms with Crippen molar-refractivity contribution in [3.63, 3.8) is 0 Å². The fourth-order valence-electron chi connectivity index (χ4n) is 2.63. The Labute approximate surface area is 181 Å². The van der Waals surface area contributed by atoms with E-state index in [1.54, 1.807) is 51.1 Å². The van der Waals surface area contributed by atoms with E-state index in [2.05, 4.69) is 16.0 Å². The third-order valence-electron chi connectivity index (χ3n) is 3.99. The van der Waals surface area contributed by atoms with Crippen molar-refractivity contribution >= 4 is 40.6 Å². The minimum Gasteiger partial charge on any atom is -0.444 e. The first-order valence-electron chi connectivity index (χ1n) is 9.93. The second-order valence-electron chi connectivity index (χ2n) is 7.84. The lowest BCUT2D eigenvalue weighted by atomic mass is 10.1. The smallest absolute Gasteiger partial charge is 0.408 e. The van der Waals surface area contributed by atoms with E-state index in [4.69, 9.17) is 4.74 Å². The molecule has 0 radical (unpaired) electrons. The summed E-state index contributed by atoms with van der Waals surface area (Å²) in [6.07, 6.45) is 1.54. The summed E-state index contributed by atoms with van der Waals surface area (Å²) in [5.74, 6) is -0.545. The van der Waals surface area contributed by atoms with Gasteiger partial charge < -0.3 is 20.7 Å². The van der Waals surface area contributed by atoms with Gasteiger partial charge in [-0.15, -0.1) is 11.3 Å². The Morgan fingerprint density at radius 2 is 1.77 bits per heavy atom. The lowest BCUT2D eigenvalue weighted by Gasteiger charge is -2.23. The molecule has 0 aliphatic heterocycles. The molecule has 1 atom stereocenters. The van der Waals surface area contributed by atoms with Gasteiger partial charge in [0.05, 0.1) is 4.88 Å². The zero-order valence-corrected chi connectivity index (χ0v) is 18.6. The monoisotopic (exact) mass is 431 g/mol. The highest BCUT2D eigenvalue weighted by Gasteiger charge is 2.24. The molecular formula is C22H29N3O4S. The molecule has 162 valence electrons. The van der Waals surface area contributed by atoms with Gasteiger partial charge in [-0.3, -0.25) is 9.59 Å². The number of hydrogen-bond donors (Lipinski definition) is 3. The SMILES string of the molecule is CCCC[C@H](NC(=O)OC(C)(C)C)C(=O)Nc1cccc(NC(=O)c2cccs2)c1. The largest absolute Gasteiger partial charge is 0.444 e. The third kappa shape index (κ3) is 7.87. The molecule has 0 aliphatic carbocycles. The third-order valence-corrected chi connectivity index (χ3v) is 4.86. The predicted molar refractivity (Wildman–Crippen MR) is 120 cm³/mol. The van der Waals surface area contributed by atoms with Gasteiger partial charge in [-0.05, 0) is 56.8 Å². The van der Waals surface area contributed by atoms with Crippen LogP contribution < -0.4 is 16.0 Å². The number of hydrogen-bond acceptors (Lipinski definition) is 5. The summed E-state index contributed by atoms with van der Waals surface area (Å²) >= 11 is 1.35. The number of anilines is 2. The maximum atomic E-state index is 12.8. The van der Waals surface area contributed by atoms with Crippen molar-refractivity contribution in [3.8, 4) is 0 Å². The van der Waals surface area contributed by atoms with Crippen molar-refractivity contribution < 1.29 is 19.1 Å². The van der Waals surface area contributed by atoms with Gasteiger partial charge in [0.15, 0.2) is 0 Å². The van der Waals surface area contributed by atoms with Crippen LogP contribution in [0.4, 0.5) is 16.2 Å². The molecule has 1 aromatic heterocycles. The van der Waals surface area contributed by atoms with Crippen LogP contribution in [0.25, 0.3) is 0 Å². The maximum Gasteiger partial charge on any atom is 0.408 e. The molecule has 0 fully saturated rings.